The number of benzene rings is 7. The molecule has 4 nitrogen and oxygen atoms in total. The standard InChI is InChI=1S/C86H74N4SSi.Zn/c1-54(2)92(55(3)4,56(5)6)48-47-68-27-25-65(26-28-68)22-21-63-17-19-64(20-18-63)23-24-66-31-35-70(36-32-66)83-73-39-43-77(87-73)85(81-59(9)49-57(7)50-60(81)10)79-45-41-75(89-79)84(71-37-33-67(34-38-71)29-30-69-15-14-16-72(53-69)91-13)76-42-46-80(90-76)86(78-44-40-74(83)88-78)82-61(11)51-58(8)52-62(82)12;/h14-20,25-28,31-46,49-56H,1-13H3;/q-2;+2. The Hall–Kier alpha value is -9.43. The van der Waals surface area contributed by atoms with Crippen molar-refractivity contribution in [2.45, 2.75) is 105 Å². The molecule has 12 rings (SSSR count). The van der Waals surface area contributed by atoms with E-state index in [4.69, 9.17) is 19.9 Å². The van der Waals surface area contributed by atoms with Crippen LogP contribution in [0.1, 0.15) is 137 Å². The molecule has 5 heterocycles. The van der Waals surface area contributed by atoms with E-state index in [1.807, 2.05) is 24.3 Å². The molecule has 0 atom stereocenters. The predicted octanol–water partition coefficient (Wildman–Crippen LogP) is 20.9. The predicted molar refractivity (Wildman–Crippen MR) is 394 cm³/mol. The van der Waals surface area contributed by atoms with Gasteiger partial charge in [0.15, 0.2) is 0 Å². The molecule has 0 fully saturated rings. The molecule has 8 bridgehead atoms. The SMILES string of the molecule is CSc1cccc(C#Cc2ccc(-c3c4nc(c(-c5c(C)cc(C)cc5C)c5ccc([n-]5)c(-c5ccc(C#Cc6ccc(C#Cc7ccc(C#C[Si](C(C)C)(C(C)C)C(C)C)cc7)cc6)cc5)c5nc(c(-c6c(C)cc(C)cc6C)c6ccc3[n-]6)C=C5)C=C4)cc2)c1.[Zn+2]. The average molecular weight is 1290 g/mol. The number of fused-ring (bicyclic) bond motifs is 8. The second kappa shape index (κ2) is 27.8. The van der Waals surface area contributed by atoms with Gasteiger partial charge in [-0.1, -0.05) is 173 Å². The normalized spacial score (nSPS) is 11.5. The number of thioether (sulfide) groups is 1. The summed E-state index contributed by atoms with van der Waals surface area (Å²) in [6.07, 6.45) is 10.6. The smallest absolute Gasteiger partial charge is 0.657 e. The van der Waals surface area contributed by atoms with E-state index in [0.717, 1.165) is 151 Å². The van der Waals surface area contributed by atoms with Gasteiger partial charge in [0.05, 0.1) is 22.8 Å². The Bertz CT molecular complexity index is 4940. The van der Waals surface area contributed by atoms with Gasteiger partial charge in [-0.25, -0.2) is 9.97 Å². The van der Waals surface area contributed by atoms with Crippen molar-refractivity contribution in [1.82, 2.24) is 19.9 Å². The maximum atomic E-state index is 5.62. The molecule has 3 aromatic heterocycles. The molecule has 7 heteroatoms. The Morgan fingerprint density at radius 1 is 0.344 bits per heavy atom. The fraction of sp³-hybridized carbons (Fsp3) is 0.186. The summed E-state index contributed by atoms with van der Waals surface area (Å²) in [6, 6.07) is 59.4. The van der Waals surface area contributed by atoms with Crippen molar-refractivity contribution >= 4 is 66.2 Å². The molecule has 0 saturated carbocycles. The minimum Gasteiger partial charge on any atom is -0.657 e. The van der Waals surface area contributed by atoms with Crippen molar-refractivity contribution in [2.24, 2.45) is 0 Å². The summed E-state index contributed by atoms with van der Waals surface area (Å²) in [7, 11) is -1.81. The fourth-order valence-corrected chi connectivity index (χ4v) is 19.5. The Kier molecular flexibility index (Phi) is 19.5. The van der Waals surface area contributed by atoms with Crippen LogP contribution in [0.2, 0.25) is 16.6 Å². The quantitative estimate of drug-likeness (QED) is 0.0862. The number of aryl methyl sites for hydroxylation is 6. The molecule has 450 valence electrons. The molecule has 2 aliphatic heterocycles. The van der Waals surface area contributed by atoms with Crippen molar-refractivity contribution in [2.75, 3.05) is 6.26 Å². The number of hydrogen-bond donors (Lipinski definition) is 0. The first-order valence-electron chi connectivity index (χ1n) is 31.8. The first-order valence-corrected chi connectivity index (χ1v) is 35.2. The minimum absolute atomic E-state index is 0. The van der Waals surface area contributed by atoms with E-state index >= 15 is 0 Å². The summed E-state index contributed by atoms with van der Waals surface area (Å²) in [6.45, 7) is 27.2. The molecule has 7 aromatic carbocycles. The van der Waals surface area contributed by atoms with Gasteiger partial charge in [-0.05, 0) is 246 Å². The molecule has 0 spiro atoms. The molecule has 0 N–H and O–H groups in total. The molecule has 0 aliphatic carbocycles. The second-order valence-electron chi connectivity index (χ2n) is 25.3. The Morgan fingerprint density at radius 2 is 0.645 bits per heavy atom. The van der Waals surface area contributed by atoms with Crippen LogP contribution in [0.25, 0.3) is 90.9 Å². The number of nitrogens with zero attached hydrogens (tertiary/aromatic N) is 4. The summed E-state index contributed by atoms with van der Waals surface area (Å²) in [5.74, 6) is 23.9. The Morgan fingerprint density at radius 3 is 0.978 bits per heavy atom. The van der Waals surface area contributed by atoms with Crippen molar-refractivity contribution < 1.29 is 19.5 Å². The van der Waals surface area contributed by atoms with E-state index < -0.39 is 8.07 Å². The van der Waals surface area contributed by atoms with Gasteiger partial charge in [-0.3, -0.25) is 0 Å². The van der Waals surface area contributed by atoms with Crippen LogP contribution in [-0.2, 0) is 19.5 Å². The Balaban J connectivity index is 0.00000884. The van der Waals surface area contributed by atoms with Gasteiger partial charge in [0, 0.05) is 43.8 Å². The summed E-state index contributed by atoms with van der Waals surface area (Å²) in [4.78, 5) is 23.7. The summed E-state index contributed by atoms with van der Waals surface area (Å²) >= 11 is 1.72. The molecule has 0 amide bonds. The maximum absolute atomic E-state index is 5.62. The third kappa shape index (κ3) is 13.7. The zero-order valence-electron chi connectivity index (χ0n) is 55.6. The average Bonchev–Trinajstić information content (AvgIpc) is 1.69. The van der Waals surface area contributed by atoms with E-state index in [2.05, 4.69) is 306 Å². The second-order valence-corrected chi connectivity index (χ2v) is 31.8. The van der Waals surface area contributed by atoms with Crippen molar-refractivity contribution in [3.05, 3.63) is 265 Å². The molecule has 0 unspecified atom stereocenters. The molecule has 0 radical (unpaired) electrons. The van der Waals surface area contributed by atoms with Gasteiger partial charge in [-0.2, -0.15) is 0 Å². The van der Waals surface area contributed by atoms with Gasteiger partial charge in [-0.15, -0.1) is 39.4 Å². The van der Waals surface area contributed by atoms with E-state index in [-0.39, 0.29) is 19.5 Å². The fourth-order valence-electron chi connectivity index (χ4n) is 13.8. The molecular weight excluding hydrogens is 1210 g/mol. The molecular formula is C86H74N4SSiZn. The monoisotopic (exact) mass is 1290 g/mol. The van der Waals surface area contributed by atoms with Crippen LogP contribution in [0.4, 0.5) is 0 Å². The van der Waals surface area contributed by atoms with Gasteiger partial charge in [0.2, 0.25) is 0 Å². The first kappa shape index (κ1) is 65.1. The topological polar surface area (TPSA) is 54.0 Å². The Labute approximate surface area is 568 Å². The van der Waals surface area contributed by atoms with Crippen LogP contribution in [0.15, 0.2) is 175 Å². The van der Waals surface area contributed by atoms with E-state index in [0.29, 0.717) is 16.6 Å². The maximum Gasteiger partial charge on any atom is 2.00 e. The first-order chi connectivity index (χ1) is 44.4. The van der Waals surface area contributed by atoms with Crippen LogP contribution in [0.5, 0.6) is 0 Å². The van der Waals surface area contributed by atoms with E-state index in [1.54, 1.807) is 11.8 Å². The zero-order chi connectivity index (χ0) is 64.4. The van der Waals surface area contributed by atoms with Crippen LogP contribution < -0.4 is 9.97 Å². The van der Waals surface area contributed by atoms with Crippen molar-refractivity contribution in [3.8, 4) is 91.5 Å². The van der Waals surface area contributed by atoms with Crippen molar-refractivity contribution in [3.63, 3.8) is 0 Å². The molecule has 10 aromatic rings. The van der Waals surface area contributed by atoms with Gasteiger partial charge >= 0.3 is 19.5 Å². The summed E-state index contributed by atoms with van der Waals surface area (Å²) in [5, 5.41) is 0. The third-order valence-electron chi connectivity index (χ3n) is 18.0. The molecule has 0 saturated heterocycles. The van der Waals surface area contributed by atoms with Gasteiger partial charge in [0.1, 0.15) is 8.07 Å². The van der Waals surface area contributed by atoms with Crippen LogP contribution >= 0.6 is 11.8 Å². The van der Waals surface area contributed by atoms with Crippen LogP contribution in [0, 0.1) is 88.5 Å². The largest absolute Gasteiger partial charge is 2.00 e. The third-order valence-corrected chi connectivity index (χ3v) is 25.0. The number of hydrogen-bond acceptors (Lipinski definition) is 3. The molecule has 2 aliphatic rings. The summed E-state index contributed by atoms with van der Waals surface area (Å²) < 4.78 is 0. The number of aromatic nitrogens is 4. The van der Waals surface area contributed by atoms with Crippen LogP contribution in [-0.4, -0.2) is 24.3 Å². The van der Waals surface area contributed by atoms with Gasteiger partial charge in [0.25, 0.3) is 0 Å². The zero-order valence-corrected chi connectivity index (χ0v) is 60.4. The van der Waals surface area contributed by atoms with E-state index in [9.17, 15) is 0 Å². The summed E-state index contributed by atoms with van der Waals surface area (Å²) in [5.41, 5.74) is 33.8. The van der Waals surface area contributed by atoms with Crippen LogP contribution in [0.3, 0.4) is 0 Å². The minimum atomic E-state index is -1.81. The van der Waals surface area contributed by atoms with Crippen molar-refractivity contribution in [1.29, 1.82) is 0 Å². The number of rotatable bonds is 8. The van der Waals surface area contributed by atoms with E-state index in [1.165, 1.54) is 16.0 Å². The van der Waals surface area contributed by atoms with Gasteiger partial charge < -0.3 is 9.97 Å². The molecule has 93 heavy (non-hydrogen) atoms.